The molecule has 1 heterocycles. The molecule has 0 saturated heterocycles. The molecule has 0 radical (unpaired) electrons. The second-order valence-electron chi connectivity index (χ2n) is 6.49. The van der Waals surface area contributed by atoms with Crippen LogP contribution in [-0.4, -0.2) is 22.2 Å². The van der Waals surface area contributed by atoms with Crippen molar-refractivity contribution >= 4 is 11.6 Å². The molecular formula is C18H21N3O2. The Bertz CT molecular complexity index is 683. The Kier molecular flexibility index (Phi) is 3.77. The van der Waals surface area contributed by atoms with Crippen LogP contribution >= 0.6 is 0 Å². The Hall–Kier alpha value is -2.30. The van der Waals surface area contributed by atoms with Gasteiger partial charge in [0.15, 0.2) is 5.69 Å². The average Bonchev–Trinajstić information content (AvgIpc) is 3.08. The zero-order chi connectivity index (χ0) is 15.6. The molecule has 5 heteroatoms. The van der Waals surface area contributed by atoms with Crippen molar-refractivity contribution in [2.75, 3.05) is 5.32 Å². The molecule has 2 aliphatic rings. The maximum Gasteiger partial charge on any atom is 0.276 e. The number of hydrogen-bond acceptors (Lipinski definition) is 3. The maximum atomic E-state index is 12.2. The summed E-state index contributed by atoms with van der Waals surface area (Å²) in [5.74, 6) is 1.25. The van der Waals surface area contributed by atoms with Crippen molar-refractivity contribution in [3.8, 4) is 5.75 Å². The molecule has 2 aromatic rings. The first-order chi connectivity index (χ1) is 11.3. The van der Waals surface area contributed by atoms with Crippen molar-refractivity contribution in [3.05, 3.63) is 41.7 Å². The van der Waals surface area contributed by atoms with E-state index >= 15 is 0 Å². The van der Waals surface area contributed by atoms with Gasteiger partial charge in [-0.2, -0.15) is 5.10 Å². The summed E-state index contributed by atoms with van der Waals surface area (Å²) in [5.41, 5.74) is 2.26. The van der Waals surface area contributed by atoms with E-state index in [1.165, 1.54) is 25.7 Å². The van der Waals surface area contributed by atoms with Crippen LogP contribution in [0.15, 0.2) is 30.3 Å². The third-order valence-corrected chi connectivity index (χ3v) is 4.56. The molecular weight excluding hydrogens is 290 g/mol. The number of amides is 1. The van der Waals surface area contributed by atoms with E-state index in [9.17, 15) is 4.79 Å². The molecule has 1 amide bonds. The van der Waals surface area contributed by atoms with Crippen LogP contribution in [0.5, 0.6) is 5.75 Å². The third kappa shape index (κ3) is 3.38. The molecule has 0 bridgehead atoms. The molecule has 23 heavy (non-hydrogen) atoms. The van der Waals surface area contributed by atoms with E-state index < -0.39 is 0 Å². The van der Waals surface area contributed by atoms with Gasteiger partial charge in [0.25, 0.3) is 5.91 Å². The number of benzene rings is 1. The Morgan fingerprint density at radius 1 is 1.13 bits per heavy atom. The van der Waals surface area contributed by atoms with Gasteiger partial charge in [0.2, 0.25) is 0 Å². The lowest BCUT2D eigenvalue weighted by Gasteiger charge is -2.13. The second kappa shape index (κ2) is 6.07. The van der Waals surface area contributed by atoms with Gasteiger partial charge in [-0.1, -0.05) is 0 Å². The molecule has 120 valence electrons. The fourth-order valence-corrected chi connectivity index (χ4v) is 3.07. The Balaban J connectivity index is 1.36. The first-order valence-corrected chi connectivity index (χ1v) is 8.41. The highest BCUT2D eigenvalue weighted by Crippen LogP contribution is 2.39. The molecule has 2 fully saturated rings. The highest BCUT2D eigenvalue weighted by atomic mass is 16.5. The fourth-order valence-electron chi connectivity index (χ4n) is 3.07. The largest absolute Gasteiger partial charge is 0.490 e. The number of anilines is 1. The molecule has 0 spiro atoms. The number of nitrogens with zero attached hydrogens (tertiary/aromatic N) is 1. The second-order valence-corrected chi connectivity index (χ2v) is 6.49. The van der Waals surface area contributed by atoms with Gasteiger partial charge in [-0.05, 0) is 68.9 Å². The minimum atomic E-state index is -0.183. The van der Waals surface area contributed by atoms with E-state index in [-0.39, 0.29) is 5.91 Å². The van der Waals surface area contributed by atoms with Crippen LogP contribution < -0.4 is 10.1 Å². The normalized spacial score (nSPS) is 18.1. The Morgan fingerprint density at radius 3 is 2.57 bits per heavy atom. The number of rotatable bonds is 5. The van der Waals surface area contributed by atoms with E-state index in [0.717, 1.165) is 30.0 Å². The summed E-state index contributed by atoms with van der Waals surface area (Å²) in [6, 6.07) is 9.42. The smallest absolute Gasteiger partial charge is 0.276 e. The monoisotopic (exact) mass is 311 g/mol. The Morgan fingerprint density at radius 2 is 1.87 bits per heavy atom. The lowest BCUT2D eigenvalue weighted by molar-refractivity contribution is 0.102. The van der Waals surface area contributed by atoms with Crippen molar-refractivity contribution in [1.82, 2.24) is 10.2 Å². The minimum absolute atomic E-state index is 0.183. The lowest BCUT2D eigenvalue weighted by Crippen LogP contribution is -2.13. The third-order valence-electron chi connectivity index (χ3n) is 4.56. The molecule has 1 aromatic carbocycles. The van der Waals surface area contributed by atoms with Gasteiger partial charge in [0, 0.05) is 17.3 Å². The summed E-state index contributed by atoms with van der Waals surface area (Å²) in [7, 11) is 0. The molecule has 4 rings (SSSR count). The maximum absolute atomic E-state index is 12.2. The summed E-state index contributed by atoms with van der Waals surface area (Å²) in [5, 5.41) is 9.93. The van der Waals surface area contributed by atoms with Crippen LogP contribution in [-0.2, 0) is 0 Å². The highest BCUT2D eigenvalue weighted by molar-refractivity contribution is 6.02. The number of aromatic nitrogens is 2. The lowest BCUT2D eigenvalue weighted by atomic mass is 10.2. The number of carbonyl (C=O) groups is 1. The van der Waals surface area contributed by atoms with E-state index in [1.807, 2.05) is 30.3 Å². The number of ether oxygens (including phenoxy) is 1. The number of aromatic amines is 1. The van der Waals surface area contributed by atoms with E-state index in [1.54, 1.807) is 0 Å². The van der Waals surface area contributed by atoms with Crippen LogP contribution in [0.1, 0.15) is 60.6 Å². The molecule has 2 aliphatic carbocycles. The average molecular weight is 311 g/mol. The van der Waals surface area contributed by atoms with Crippen molar-refractivity contribution in [2.45, 2.75) is 50.5 Å². The molecule has 1 aromatic heterocycles. The molecule has 2 N–H and O–H groups in total. The number of carbonyl (C=O) groups excluding carboxylic acids is 1. The Labute approximate surface area is 135 Å². The van der Waals surface area contributed by atoms with Gasteiger partial charge in [0.1, 0.15) is 5.75 Å². The fraction of sp³-hybridized carbons (Fsp3) is 0.444. The van der Waals surface area contributed by atoms with Gasteiger partial charge in [-0.15, -0.1) is 0 Å². The van der Waals surface area contributed by atoms with Crippen molar-refractivity contribution in [3.63, 3.8) is 0 Å². The van der Waals surface area contributed by atoms with E-state index in [4.69, 9.17) is 4.74 Å². The zero-order valence-corrected chi connectivity index (χ0v) is 13.0. The van der Waals surface area contributed by atoms with Gasteiger partial charge < -0.3 is 10.1 Å². The predicted octanol–water partition coefficient (Wildman–Crippen LogP) is 3.86. The molecule has 0 aliphatic heterocycles. The van der Waals surface area contributed by atoms with Crippen LogP contribution in [0.3, 0.4) is 0 Å². The number of nitrogens with one attached hydrogen (secondary N) is 2. The molecule has 5 nitrogen and oxygen atoms in total. The summed E-state index contributed by atoms with van der Waals surface area (Å²) < 4.78 is 5.93. The standard InChI is InChI=1S/C18H21N3O2/c22-18(17-11-16(20-21-17)12-5-6-12)19-13-7-9-15(10-8-13)23-14-3-1-2-4-14/h7-12,14H,1-6H2,(H,19,22)(H,20,21). The van der Waals surface area contributed by atoms with Crippen LogP contribution in [0.25, 0.3) is 0 Å². The topological polar surface area (TPSA) is 67.0 Å². The van der Waals surface area contributed by atoms with Crippen molar-refractivity contribution < 1.29 is 9.53 Å². The zero-order valence-electron chi connectivity index (χ0n) is 13.0. The number of H-pyrrole nitrogens is 1. The van der Waals surface area contributed by atoms with Crippen molar-refractivity contribution in [2.24, 2.45) is 0 Å². The quantitative estimate of drug-likeness (QED) is 0.881. The van der Waals surface area contributed by atoms with Crippen LogP contribution in [0, 0.1) is 0 Å². The van der Waals surface area contributed by atoms with Crippen molar-refractivity contribution in [1.29, 1.82) is 0 Å². The number of hydrogen-bond donors (Lipinski definition) is 2. The van der Waals surface area contributed by atoms with Gasteiger partial charge in [0.05, 0.1) is 6.10 Å². The summed E-state index contributed by atoms with van der Waals surface area (Å²) in [6.45, 7) is 0. The SMILES string of the molecule is O=C(Nc1ccc(OC2CCCC2)cc1)c1cc(C2CC2)[nH]n1. The molecule has 0 atom stereocenters. The molecule has 2 saturated carbocycles. The van der Waals surface area contributed by atoms with Gasteiger partial charge >= 0.3 is 0 Å². The summed E-state index contributed by atoms with van der Waals surface area (Å²) in [6.07, 6.45) is 7.51. The van der Waals surface area contributed by atoms with Gasteiger partial charge in [-0.3, -0.25) is 9.89 Å². The van der Waals surface area contributed by atoms with Crippen LogP contribution in [0.2, 0.25) is 0 Å². The van der Waals surface area contributed by atoms with Gasteiger partial charge in [-0.25, -0.2) is 0 Å². The van der Waals surface area contributed by atoms with E-state index in [2.05, 4.69) is 15.5 Å². The van der Waals surface area contributed by atoms with Crippen LogP contribution in [0.4, 0.5) is 5.69 Å². The first-order valence-electron chi connectivity index (χ1n) is 8.41. The van der Waals surface area contributed by atoms with E-state index in [0.29, 0.717) is 17.7 Å². The minimum Gasteiger partial charge on any atom is -0.490 e. The first kappa shape index (κ1) is 14.3. The summed E-state index contributed by atoms with van der Waals surface area (Å²) >= 11 is 0. The molecule has 0 unspecified atom stereocenters. The predicted molar refractivity (Wildman–Crippen MR) is 87.8 cm³/mol. The highest BCUT2D eigenvalue weighted by Gasteiger charge is 2.26. The summed E-state index contributed by atoms with van der Waals surface area (Å²) in [4.78, 5) is 12.2.